The van der Waals surface area contributed by atoms with E-state index in [4.69, 9.17) is 9.26 Å². The minimum absolute atomic E-state index is 0.0570. The summed E-state index contributed by atoms with van der Waals surface area (Å²) in [6, 6.07) is -0.123. The molecule has 130 valence electrons. The van der Waals surface area contributed by atoms with Crippen LogP contribution < -0.4 is 0 Å². The SMILES string of the molecule is Cc1cn[nH]c1C1COCCN1C(=O)CCc1nc(C(C)C)no1. The Bertz CT molecular complexity index is 693. The maximum atomic E-state index is 12.7. The molecule has 1 fully saturated rings. The molecule has 1 unspecified atom stereocenters. The summed E-state index contributed by atoms with van der Waals surface area (Å²) < 4.78 is 10.8. The van der Waals surface area contributed by atoms with Gasteiger partial charge >= 0.3 is 0 Å². The molecule has 0 saturated carbocycles. The first-order valence-electron chi connectivity index (χ1n) is 8.25. The molecule has 1 aliphatic heterocycles. The number of hydrogen-bond donors (Lipinski definition) is 1. The molecule has 1 aliphatic rings. The van der Waals surface area contributed by atoms with Gasteiger partial charge in [0.15, 0.2) is 5.82 Å². The average molecular weight is 333 g/mol. The molecule has 3 heterocycles. The van der Waals surface area contributed by atoms with Gasteiger partial charge in [0, 0.05) is 25.3 Å². The standard InChI is InChI=1S/C16H23N5O3/c1-10(2)16-18-13(24-20-16)4-5-14(22)21-6-7-23-9-12(21)15-11(3)8-17-19-15/h8,10,12H,4-7,9H2,1-3H3,(H,17,19). The quantitative estimate of drug-likeness (QED) is 0.895. The van der Waals surface area contributed by atoms with Gasteiger partial charge in [-0.1, -0.05) is 19.0 Å². The number of aromatic amines is 1. The van der Waals surface area contributed by atoms with E-state index in [2.05, 4.69) is 20.3 Å². The topological polar surface area (TPSA) is 97.1 Å². The van der Waals surface area contributed by atoms with Gasteiger partial charge < -0.3 is 14.2 Å². The van der Waals surface area contributed by atoms with Crippen LogP contribution in [0.1, 0.15) is 55.2 Å². The molecule has 0 bridgehead atoms. The van der Waals surface area contributed by atoms with Crippen molar-refractivity contribution < 1.29 is 14.1 Å². The summed E-state index contributed by atoms with van der Waals surface area (Å²) in [7, 11) is 0. The Balaban J connectivity index is 1.64. The van der Waals surface area contributed by atoms with E-state index in [1.165, 1.54) is 0 Å². The average Bonchev–Trinajstić information content (AvgIpc) is 3.21. The zero-order valence-corrected chi connectivity index (χ0v) is 14.3. The Morgan fingerprint density at radius 3 is 3.00 bits per heavy atom. The first-order chi connectivity index (χ1) is 11.6. The van der Waals surface area contributed by atoms with Crippen LogP contribution in [0.25, 0.3) is 0 Å². The molecular weight excluding hydrogens is 310 g/mol. The molecule has 0 aliphatic carbocycles. The number of H-pyrrole nitrogens is 1. The zero-order chi connectivity index (χ0) is 17.1. The fraction of sp³-hybridized carbons (Fsp3) is 0.625. The number of aryl methyl sites for hydroxylation is 2. The number of carbonyl (C=O) groups is 1. The highest BCUT2D eigenvalue weighted by Crippen LogP contribution is 2.25. The van der Waals surface area contributed by atoms with Crippen LogP contribution in [0.15, 0.2) is 10.7 Å². The van der Waals surface area contributed by atoms with Crippen LogP contribution in [-0.4, -0.2) is 50.9 Å². The second-order valence-electron chi connectivity index (χ2n) is 6.35. The van der Waals surface area contributed by atoms with E-state index in [9.17, 15) is 4.79 Å². The molecule has 8 heteroatoms. The number of carbonyl (C=O) groups excluding carboxylic acids is 1. The smallest absolute Gasteiger partial charge is 0.227 e. The predicted octanol–water partition coefficient (Wildman–Crippen LogP) is 1.76. The van der Waals surface area contributed by atoms with Crippen LogP contribution in [0.2, 0.25) is 0 Å². The van der Waals surface area contributed by atoms with Crippen LogP contribution in [0.5, 0.6) is 0 Å². The molecule has 0 radical (unpaired) electrons. The number of morpholine rings is 1. The lowest BCUT2D eigenvalue weighted by molar-refractivity contribution is -0.140. The van der Waals surface area contributed by atoms with Crippen molar-refractivity contribution in [3.8, 4) is 0 Å². The Kier molecular flexibility index (Phi) is 4.94. The second kappa shape index (κ2) is 7.12. The first kappa shape index (κ1) is 16.6. The first-order valence-corrected chi connectivity index (χ1v) is 8.25. The van der Waals surface area contributed by atoms with Gasteiger partial charge in [0.2, 0.25) is 11.8 Å². The van der Waals surface area contributed by atoms with Crippen LogP contribution in [0.3, 0.4) is 0 Å². The highest BCUT2D eigenvalue weighted by atomic mass is 16.5. The van der Waals surface area contributed by atoms with E-state index in [-0.39, 0.29) is 17.9 Å². The minimum atomic E-state index is -0.123. The van der Waals surface area contributed by atoms with Crippen molar-refractivity contribution >= 4 is 5.91 Å². The summed E-state index contributed by atoms with van der Waals surface area (Å²) in [4.78, 5) is 18.8. The summed E-state index contributed by atoms with van der Waals surface area (Å²) >= 11 is 0. The van der Waals surface area contributed by atoms with E-state index in [0.29, 0.717) is 44.3 Å². The molecule has 2 aromatic rings. The van der Waals surface area contributed by atoms with Crippen LogP contribution in [0.4, 0.5) is 0 Å². The number of amides is 1. The number of nitrogens with zero attached hydrogens (tertiary/aromatic N) is 4. The van der Waals surface area contributed by atoms with Crippen molar-refractivity contribution in [3.63, 3.8) is 0 Å². The maximum Gasteiger partial charge on any atom is 0.227 e. The van der Waals surface area contributed by atoms with Crippen molar-refractivity contribution in [3.05, 3.63) is 29.2 Å². The Labute approximate surface area is 140 Å². The predicted molar refractivity (Wildman–Crippen MR) is 85.3 cm³/mol. The summed E-state index contributed by atoms with van der Waals surface area (Å²) in [5, 5.41) is 11.0. The van der Waals surface area contributed by atoms with E-state index in [0.717, 1.165) is 11.3 Å². The second-order valence-corrected chi connectivity index (χ2v) is 6.35. The van der Waals surface area contributed by atoms with E-state index < -0.39 is 0 Å². The lowest BCUT2D eigenvalue weighted by Crippen LogP contribution is -2.43. The number of aromatic nitrogens is 4. The normalized spacial score (nSPS) is 18.3. The highest BCUT2D eigenvalue weighted by molar-refractivity contribution is 5.77. The minimum Gasteiger partial charge on any atom is -0.377 e. The number of rotatable bonds is 5. The Hall–Kier alpha value is -2.22. The Morgan fingerprint density at radius 2 is 2.33 bits per heavy atom. The molecule has 24 heavy (non-hydrogen) atoms. The van der Waals surface area contributed by atoms with Crippen LogP contribution in [-0.2, 0) is 16.0 Å². The third-order valence-corrected chi connectivity index (χ3v) is 4.20. The van der Waals surface area contributed by atoms with E-state index in [1.807, 2.05) is 25.7 Å². The summed E-state index contributed by atoms with van der Waals surface area (Å²) in [6.45, 7) is 7.58. The molecule has 1 atom stereocenters. The molecular formula is C16H23N5O3. The molecule has 2 aromatic heterocycles. The number of ether oxygens (including phenoxy) is 1. The van der Waals surface area contributed by atoms with Crippen LogP contribution in [0, 0.1) is 6.92 Å². The summed E-state index contributed by atoms with van der Waals surface area (Å²) in [6.07, 6.45) is 2.55. The van der Waals surface area contributed by atoms with Crippen molar-refractivity contribution in [2.24, 2.45) is 0 Å². The van der Waals surface area contributed by atoms with Gasteiger partial charge in [-0.3, -0.25) is 9.89 Å². The van der Waals surface area contributed by atoms with E-state index >= 15 is 0 Å². The molecule has 1 N–H and O–H groups in total. The zero-order valence-electron chi connectivity index (χ0n) is 14.3. The molecule has 0 spiro atoms. The molecule has 1 amide bonds. The van der Waals surface area contributed by atoms with Gasteiger partial charge in [0.25, 0.3) is 0 Å². The van der Waals surface area contributed by atoms with Gasteiger partial charge in [-0.25, -0.2) is 0 Å². The van der Waals surface area contributed by atoms with Gasteiger partial charge in [-0.15, -0.1) is 0 Å². The maximum absolute atomic E-state index is 12.7. The number of nitrogens with one attached hydrogen (secondary N) is 1. The summed E-state index contributed by atoms with van der Waals surface area (Å²) in [5.41, 5.74) is 1.96. The Morgan fingerprint density at radius 1 is 1.50 bits per heavy atom. The third kappa shape index (κ3) is 3.48. The lowest BCUT2D eigenvalue weighted by Gasteiger charge is -2.35. The van der Waals surface area contributed by atoms with Crippen molar-refractivity contribution in [1.29, 1.82) is 0 Å². The molecule has 3 rings (SSSR count). The van der Waals surface area contributed by atoms with Gasteiger partial charge in [-0.2, -0.15) is 10.1 Å². The van der Waals surface area contributed by atoms with Gasteiger partial charge in [-0.05, 0) is 12.5 Å². The third-order valence-electron chi connectivity index (χ3n) is 4.20. The van der Waals surface area contributed by atoms with E-state index in [1.54, 1.807) is 6.20 Å². The van der Waals surface area contributed by atoms with Crippen LogP contribution >= 0.6 is 0 Å². The van der Waals surface area contributed by atoms with Crippen molar-refractivity contribution in [2.75, 3.05) is 19.8 Å². The number of hydrogen-bond acceptors (Lipinski definition) is 6. The molecule has 8 nitrogen and oxygen atoms in total. The largest absolute Gasteiger partial charge is 0.377 e. The fourth-order valence-corrected chi connectivity index (χ4v) is 2.80. The lowest BCUT2D eigenvalue weighted by atomic mass is 10.1. The highest BCUT2D eigenvalue weighted by Gasteiger charge is 2.30. The van der Waals surface area contributed by atoms with Gasteiger partial charge in [0.05, 0.1) is 31.1 Å². The van der Waals surface area contributed by atoms with Crippen molar-refractivity contribution in [2.45, 2.75) is 45.6 Å². The van der Waals surface area contributed by atoms with Crippen molar-refractivity contribution in [1.82, 2.24) is 25.2 Å². The van der Waals surface area contributed by atoms with Gasteiger partial charge in [0.1, 0.15) is 0 Å². The fourth-order valence-electron chi connectivity index (χ4n) is 2.80. The monoisotopic (exact) mass is 333 g/mol. The molecule has 0 aromatic carbocycles. The molecule has 1 saturated heterocycles. The summed E-state index contributed by atoms with van der Waals surface area (Å²) in [5.74, 6) is 1.45.